The van der Waals surface area contributed by atoms with Gasteiger partial charge in [-0.25, -0.2) is 0 Å². The predicted octanol–water partition coefficient (Wildman–Crippen LogP) is 3.60. The zero-order valence-electron chi connectivity index (χ0n) is 14.1. The highest BCUT2D eigenvalue weighted by Gasteiger charge is 2.29. The molecule has 1 aliphatic carbocycles. The molecule has 3 rings (SSSR count). The number of amides is 1. The molecule has 24 heavy (non-hydrogen) atoms. The zero-order chi connectivity index (χ0) is 16.1. The molecule has 6 heteroatoms. The first kappa shape index (κ1) is 19.6. The molecule has 1 heterocycles. The van der Waals surface area contributed by atoms with Crippen molar-refractivity contribution in [3.8, 4) is 0 Å². The van der Waals surface area contributed by atoms with Crippen molar-refractivity contribution >= 4 is 35.8 Å². The Bertz CT molecular complexity index is 538. The van der Waals surface area contributed by atoms with Crippen LogP contribution in [0.25, 0.3) is 0 Å². The molecular formula is C18H27ClN2O2S. The Morgan fingerprint density at radius 2 is 2.17 bits per heavy atom. The lowest BCUT2D eigenvalue weighted by atomic mass is 10.1. The number of benzene rings is 1. The van der Waals surface area contributed by atoms with Crippen LogP contribution in [0.1, 0.15) is 37.7 Å². The largest absolute Gasteiger partial charge is 0.380 e. The van der Waals surface area contributed by atoms with E-state index < -0.39 is 0 Å². The number of nitrogens with one attached hydrogen (secondary N) is 2. The van der Waals surface area contributed by atoms with Crippen LogP contribution in [0.3, 0.4) is 0 Å². The van der Waals surface area contributed by atoms with Crippen molar-refractivity contribution in [2.75, 3.05) is 19.0 Å². The summed E-state index contributed by atoms with van der Waals surface area (Å²) in [6.45, 7) is 0.743. The van der Waals surface area contributed by atoms with Gasteiger partial charge in [0.2, 0.25) is 5.91 Å². The lowest BCUT2D eigenvalue weighted by molar-refractivity contribution is -0.118. The number of hydrogen-bond donors (Lipinski definition) is 2. The van der Waals surface area contributed by atoms with Crippen LogP contribution in [0, 0.1) is 0 Å². The smallest absolute Gasteiger partial charge is 0.241 e. The van der Waals surface area contributed by atoms with Gasteiger partial charge in [0.1, 0.15) is 0 Å². The van der Waals surface area contributed by atoms with Crippen molar-refractivity contribution in [2.45, 2.75) is 55.3 Å². The second-order valence-corrected chi connectivity index (χ2v) is 7.75. The summed E-state index contributed by atoms with van der Waals surface area (Å²) in [5.41, 5.74) is 2.18. The van der Waals surface area contributed by atoms with E-state index in [2.05, 4.69) is 34.5 Å². The standard InChI is InChI=1S/C18H26N2O2S.ClH/c1-22-15-10-17(19-11-15)18(21)20-14-6-4-5-13(9-14)12-23-16-7-2-3-8-16;/h4-6,9,15-17,19H,2-3,7-8,10-12H2,1H3,(H,20,21);1H/t15-,17+;/m0./s1. The number of halogens is 1. The molecule has 1 saturated heterocycles. The van der Waals surface area contributed by atoms with Crippen LogP contribution in [0.15, 0.2) is 24.3 Å². The Morgan fingerprint density at radius 1 is 1.38 bits per heavy atom. The molecule has 1 amide bonds. The predicted molar refractivity (Wildman–Crippen MR) is 103 cm³/mol. The Kier molecular flexibility index (Phi) is 7.88. The first-order valence-electron chi connectivity index (χ1n) is 8.52. The molecular weight excluding hydrogens is 344 g/mol. The van der Waals surface area contributed by atoms with Crippen molar-refractivity contribution in [1.29, 1.82) is 0 Å². The van der Waals surface area contributed by atoms with E-state index in [9.17, 15) is 4.79 Å². The number of carbonyl (C=O) groups is 1. The average Bonchev–Trinajstić information content (AvgIpc) is 3.25. The third kappa shape index (κ3) is 5.38. The van der Waals surface area contributed by atoms with E-state index in [4.69, 9.17) is 4.74 Å². The van der Waals surface area contributed by atoms with Crippen LogP contribution in [0.4, 0.5) is 5.69 Å². The normalized spacial score (nSPS) is 23.9. The highest BCUT2D eigenvalue weighted by atomic mass is 35.5. The molecule has 4 nitrogen and oxygen atoms in total. The molecule has 2 N–H and O–H groups in total. The second-order valence-electron chi connectivity index (χ2n) is 6.46. The van der Waals surface area contributed by atoms with E-state index in [1.807, 2.05) is 12.1 Å². The number of carbonyl (C=O) groups excluding carboxylic acids is 1. The fourth-order valence-electron chi connectivity index (χ4n) is 3.32. The molecule has 0 unspecified atom stereocenters. The summed E-state index contributed by atoms with van der Waals surface area (Å²) in [7, 11) is 1.69. The molecule has 134 valence electrons. The summed E-state index contributed by atoms with van der Waals surface area (Å²) in [6, 6.07) is 8.08. The average molecular weight is 371 g/mol. The fourth-order valence-corrected chi connectivity index (χ4v) is 4.59. The van der Waals surface area contributed by atoms with Crippen LogP contribution in [-0.4, -0.2) is 37.0 Å². The minimum Gasteiger partial charge on any atom is -0.380 e. The third-order valence-corrected chi connectivity index (χ3v) is 6.17. The van der Waals surface area contributed by atoms with Crippen LogP contribution in [0.2, 0.25) is 0 Å². The Balaban J connectivity index is 0.00000208. The van der Waals surface area contributed by atoms with Crippen LogP contribution in [-0.2, 0) is 15.3 Å². The molecule has 2 aliphatic rings. The summed E-state index contributed by atoms with van der Waals surface area (Å²) >= 11 is 2.05. The maximum Gasteiger partial charge on any atom is 0.241 e. The highest BCUT2D eigenvalue weighted by Crippen LogP contribution is 2.31. The van der Waals surface area contributed by atoms with Crippen LogP contribution < -0.4 is 10.6 Å². The van der Waals surface area contributed by atoms with Gasteiger partial charge < -0.3 is 15.4 Å². The summed E-state index contributed by atoms with van der Waals surface area (Å²) in [5.74, 6) is 1.06. The molecule has 1 aliphatic heterocycles. The quantitative estimate of drug-likeness (QED) is 0.803. The number of rotatable bonds is 6. The van der Waals surface area contributed by atoms with Gasteiger partial charge in [0.15, 0.2) is 0 Å². The van der Waals surface area contributed by atoms with Gasteiger partial charge >= 0.3 is 0 Å². The molecule has 1 aromatic rings. The molecule has 2 atom stereocenters. The van der Waals surface area contributed by atoms with Gasteiger partial charge in [-0.1, -0.05) is 25.0 Å². The number of anilines is 1. The lowest BCUT2D eigenvalue weighted by Crippen LogP contribution is -2.35. The van der Waals surface area contributed by atoms with Crippen molar-refractivity contribution < 1.29 is 9.53 Å². The van der Waals surface area contributed by atoms with Crippen molar-refractivity contribution in [1.82, 2.24) is 5.32 Å². The first-order chi connectivity index (χ1) is 11.2. The lowest BCUT2D eigenvalue weighted by Gasteiger charge is -2.13. The van der Waals surface area contributed by atoms with E-state index in [1.165, 1.54) is 31.2 Å². The topological polar surface area (TPSA) is 50.4 Å². The molecule has 0 radical (unpaired) electrons. The van der Waals surface area contributed by atoms with E-state index in [-0.39, 0.29) is 30.5 Å². The van der Waals surface area contributed by atoms with Crippen LogP contribution in [0.5, 0.6) is 0 Å². The van der Waals surface area contributed by atoms with E-state index in [1.54, 1.807) is 7.11 Å². The Hall–Kier alpha value is -0.750. The van der Waals surface area contributed by atoms with Gasteiger partial charge in [-0.2, -0.15) is 11.8 Å². The van der Waals surface area contributed by atoms with Gasteiger partial charge in [0.25, 0.3) is 0 Å². The number of thioether (sulfide) groups is 1. The maximum absolute atomic E-state index is 12.3. The molecule has 0 spiro atoms. The number of ether oxygens (including phenoxy) is 1. The van der Waals surface area contributed by atoms with Crippen molar-refractivity contribution in [2.24, 2.45) is 0 Å². The Morgan fingerprint density at radius 3 is 2.88 bits per heavy atom. The van der Waals surface area contributed by atoms with Crippen molar-refractivity contribution in [3.05, 3.63) is 29.8 Å². The molecule has 1 aromatic carbocycles. The zero-order valence-corrected chi connectivity index (χ0v) is 15.8. The minimum atomic E-state index is -0.156. The van der Waals surface area contributed by atoms with Gasteiger partial charge in [0, 0.05) is 30.3 Å². The summed E-state index contributed by atoms with van der Waals surface area (Å²) in [6.07, 6.45) is 6.35. The number of methoxy groups -OCH3 is 1. The summed E-state index contributed by atoms with van der Waals surface area (Å²) in [4.78, 5) is 12.3. The van der Waals surface area contributed by atoms with Gasteiger partial charge in [-0.15, -0.1) is 12.4 Å². The Labute approximate surface area is 154 Å². The van der Waals surface area contributed by atoms with E-state index in [0.717, 1.165) is 29.7 Å². The molecule has 0 aromatic heterocycles. The SMILES string of the molecule is CO[C@@H]1CN[C@@H](C(=O)Nc2cccc(CSC3CCCC3)c2)C1.Cl. The molecule has 0 bridgehead atoms. The first-order valence-corrected chi connectivity index (χ1v) is 9.57. The van der Waals surface area contributed by atoms with E-state index in [0.29, 0.717) is 0 Å². The molecule has 1 saturated carbocycles. The van der Waals surface area contributed by atoms with Gasteiger partial charge in [0.05, 0.1) is 12.1 Å². The minimum absolute atomic E-state index is 0. The fraction of sp³-hybridized carbons (Fsp3) is 0.611. The second kappa shape index (κ2) is 9.66. The third-order valence-electron chi connectivity index (χ3n) is 4.72. The van der Waals surface area contributed by atoms with Gasteiger partial charge in [-0.3, -0.25) is 4.79 Å². The van der Waals surface area contributed by atoms with Gasteiger partial charge in [-0.05, 0) is 37.0 Å². The maximum atomic E-state index is 12.3. The van der Waals surface area contributed by atoms with Crippen LogP contribution >= 0.6 is 24.2 Å². The summed E-state index contributed by atoms with van der Waals surface area (Å²) < 4.78 is 5.30. The summed E-state index contributed by atoms with van der Waals surface area (Å²) in [5, 5.41) is 7.07. The molecule has 2 fully saturated rings. The monoisotopic (exact) mass is 370 g/mol. The number of hydrogen-bond acceptors (Lipinski definition) is 4. The van der Waals surface area contributed by atoms with E-state index >= 15 is 0 Å². The van der Waals surface area contributed by atoms with Crippen molar-refractivity contribution in [3.63, 3.8) is 0 Å². The highest BCUT2D eigenvalue weighted by molar-refractivity contribution is 7.99.